The van der Waals surface area contributed by atoms with Crippen molar-refractivity contribution in [3.05, 3.63) is 58.3 Å². The van der Waals surface area contributed by atoms with E-state index < -0.39 is 0 Å². The average molecular weight is 526 g/mol. The predicted molar refractivity (Wildman–Crippen MR) is 132 cm³/mol. The van der Waals surface area contributed by atoms with Gasteiger partial charge in [0.15, 0.2) is 5.96 Å². The third kappa shape index (κ3) is 6.16. The summed E-state index contributed by atoms with van der Waals surface area (Å²) < 4.78 is 5.54. The van der Waals surface area contributed by atoms with Crippen LogP contribution in [0.3, 0.4) is 0 Å². The number of hydrogen-bond acceptors (Lipinski definition) is 4. The van der Waals surface area contributed by atoms with Crippen LogP contribution >= 0.6 is 35.3 Å². The van der Waals surface area contributed by atoms with Crippen LogP contribution in [-0.2, 0) is 4.74 Å². The lowest BCUT2D eigenvalue weighted by atomic mass is 10.1. The summed E-state index contributed by atoms with van der Waals surface area (Å²) in [6, 6.07) is 15.6. The zero-order chi connectivity index (χ0) is 19.2. The number of nitrogens with zero attached hydrogens (tertiary/aromatic N) is 2. The molecule has 2 aliphatic rings. The number of ether oxygens (including phenoxy) is 1. The molecule has 0 radical (unpaired) electrons. The summed E-state index contributed by atoms with van der Waals surface area (Å²) in [6.07, 6.45) is 1.26. The Labute approximate surface area is 195 Å². The summed E-state index contributed by atoms with van der Waals surface area (Å²) in [6.45, 7) is 5.43. The number of aliphatic imine (C=N–C) groups is 1. The lowest BCUT2D eigenvalue weighted by Gasteiger charge is -2.34. The van der Waals surface area contributed by atoms with Crippen LogP contribution < -0.4 is 10.6 Å². The minimum absolute atomic E-state index is 0. The first-order valence-electron chi connectivity index (χ1n) is 10.2. The SMILES string of the molecule is CN=C(NCC1CC1c1ccccc1)NCC(c1cccs1)N1CCOCC1.I. The molecule has 0 amide bonds. The highest BCUT2D eigenvalue weighted by atomic mass is 127. The van der Waals surface area contributed by atoms with Crippen molar-refractivity contribution in [1.29, 1.82) is 0 Å². The van der Waals surface area contributed by atoms with Crippen LogP contribution in [-0.4, -0.2) is 57.3 Å². The Morgan fingerprint density at radius 3 is 2.66 bits per heavy atom. The molecule has 2 fully saturated rings. The Kier molecular flexibility index (Phi) is 8.77. The predicted octanol–water partition coefficient (Wildman–Crippen LogP) is 3.71. The number of morpholine rings is 1. The van der Waals surface area contributed by atoms with Crippen LogP contribution in [0.25, 0.3) is 0 Å². The van der Waals surface area contributed by atoms with Crippen molar-refractivity contribution in [2.24, 2.45) is 10.9 Å². The lowest BCUT2D eigenvalue weighted by Crippen LogP contribution is -2.46. The molecule has 158 valence electrons. The number of guanidine groups is 1. The Morgan fingerprint density at radius 1 is 1.17 bits per heavy atom. The van der Waals surface area contributed by atoms with Crippen molar-refractivity contribution in [1.82, 2.24) is 15.5 Å². The van der Waals surface area contributed by atoms with E-state index in [1.54, 1.807) is 0 Å². The van der Waals surface area contributed by atoms with Gasteiger partial charge in [-0.25, -0.2) is 0 Å². The minimum atomic E-state index is 0. The van der Waals surface area contributed by atoms with Gasteiger partial charge in [0.05, 0.1) is 19.3 Å². The number of benzene rings is 1. The zero-order valence-electron chi connectivity index (χ0n) is 16.9. The Hall–Kier alpha value is -1.16. The van der Waals surface area contributed by atoms with Crippen molar-refractivity contribution < 1.29 is 4.74 Å². The molecular formula is C22H31IN4OS. The summed E-state index contributed by atoms with van der Waals surface area (Å²) in [5.74, 6) is 2.29. The first-order valence-corrected chi connectivity index (χ1v) is 11.1. The molecule has 4 rings (SSSR count). The molecule has 7 heteroatoms. The quantitative estimate of drug-likeness (QED) is 0.328. The van der Waals surface area contributed by atoms with Crippen LogP contribution in [0.1, 0.15) is 28.8 Å². The van der Waals surface area contributed by atoms with E-state index in [1.807, 2.05) is 18.4 Å². The van der Waals surface area contributed by atoms with Gasteiger partial charge in [-0.15, -0.1) is 35.3 Å². The van der Waals surface area contributed by atoms with E-state index >= 15 is 0 Å². The third-order valence-electron chi connectivity index (χ3n) is 5.73. The second-order valence-corrected chi connectivity index (χ2v) is 8.51. The normalized spacial score (nSPS) is 23.1. The summed E-state index contributed by atoms with van der Waals surface area (Å²) >= 11 is 1.83. The van der Waals surface area contributed by atoms with Gasteiger partial charge < -0.3 is 15.4 Å². The molecule has 2 heterocycles. The van der Waals surface area contributed by atoms with Gasteiger partial charge in [-0.3, -0.25) is 9.89 Å². The fourth-order valence-corrected chi connectivity index (χ4v) is 4.86. The van der Waals surface area contributed by atoms with Crippen molar-refractivity contribution >= 4 is 41.3 Å². The zero-order valence-corrected chi connectivity index (χ0v) is 20.1. The smallest absolute Gasteiger partial charge is 0.191 e. The van der Waals surface area contributed by atoms with Gasteiger partial charge in [0.2, 0.25) is 0 Å². The first-order chi connectivity index (χ1) is 13.8. The van der Waals surface area contributed by atoms with Gasteiger partial charge in [-0.1, -0.05) is 36.4 Å². The van der Waals surface area contributed by atoms with Crippen LogP contribution in [0.4, 0.5) is 0 Å². The number of nitrogens with one attached hydrogen (secondary N) is 2. The van der Waals surface area contributed by atoms with Gasteiger partial charge in [-0.2, -0.15) is 0 Å². The number of hydrogen-bond donors (Lipinski definition) is 2. The number of thiophene rings is 1. The molecule has 1 saturated heterocycles. The highest BCUT2D eigenvalue weighted by Crippen LogP contribution is 2.46. The monoisotopic (exact) mass is 526 g/mol. The van der Waals surface area contributed by atoms with E-state index in [-0.39, 0.29) is 24.0 Å². The highest BCUT2D eigenvalue weighted by Gasteiger charge is 2.37. The van der Waals surface area contributed by atoms with E-state index in [9.17, 15) is 0 Å². The summed E-state index contributed by atoms with van der Waals surface area (Å²) in [5.41, 5.74) is 1.46. The standard InChI is InChI=1S/C22H30N4OS.HI/c1-23-22(24-15-18-14-19(18)17-6-3-2-4-7-17)25-16-20(21-8-5-13-28-21)26-9-11-27-12-10-26;/h2-8,13,18-20H,9-12,14-16H2,1H3,(H2,23,24,25);1H. The Balaban J connectivity index is 0.00000240. The van der Waals surface area contributed by atoms with Gasteiger partial charge in [0.1, 0.15) is 0 Å². The van der Waals surface area contributed by atoms with Crippen molar-refractivity contribution in [3.63, 3.8) is 0 Å². The number of rotatable bonds is 7. The molecule has 1 aromatic carbocycles. The average Bonchev–Trinajstić information content (AvgIpc) is 3.34. The van der Waals surface area contributed by atoms with E-state index in [4.69, 9.17) is 4.74 Å². The van der Waals surface area contributed by atoms with Gasteiger partial charge in [0, 0.05) is 38.1 Å². The lowest BCUT2D eigenvalue weighted by molar-refractivity contribution is 0.0177. The topological polar surface area (TPSA) is 48.9 Å². The molecule has 1 aliphatic heterocycles. The molecule has 2 N–H and O–H groups in total. The van der Waals surface area contributed by atoms with Crippen LogP contribution in [0, 0.1) is 5.92 Å². The fraction of sp³-hybridized carbons (Fsp3) is 0.500. The molecule has 1 aliphatic carbocycles. The maximum absolute atomic E-state index is 5.54. The summed E-state index contributed by atoms with van der Waals surface area (Å²) in [7, 11) is 1.85. The van der Waals surface area contributed by atoms with Crippen LogP contribution in [0.5, 0.6) is 0 Å². The fourth-order valence-electron chi connectivity index (χ4n) is 4.00. The Morgan fingerprint density at radius 2 is 1.97 bits per heavy atom. The molecular weight excluding hydrogens is 495 g/mol. The molecule has 5 nitrogen and oxygen atoms in total. The van der Waals surface area contributed by atoms with Crippen molar-refractivity contribution in [3.8, 4) is 0 Å². The largest absolute Gasteiger partial charge is 0.379 e. The van der Waals surface area contributed by atoms with Crippen molar-refractivity contribution in [2.45, 2.75) is 18.4 Å². The molecule has 1 aromatic heterocycles. The summed E-state index contributed by atoms with van der Waals surface area (Å²) in [5, 5.41) is 9.25. The van der Waals surface area contributed by atoms with Crippen molar-refractivity contribution in [2.75, 3.05) is 46.4 Å². The van der Waals surface area contributed by atoms with Gasteiger partial charge >= 0.3 is 0 Å². The second kappa shape index (κ2) is 11.3. The van der Waals surface area contributed by atoms with E-state index in [0.29, 0.717) is 17.9 Å². The molecule has 1 saturated carbocycles. The molecule has 3 atom stereocenters. The molecule has 0 bridgehead atoms. The molecule has 0 spiro atoms. The minimum Gasteiger partial charge on any atom is -0.379 e. The first kappa shape index (κ1) is 22.5. The van der Waals surface area contributed by atoms with E-state index in [2.05, 4.69) is 68.4 Å². The third-order valence-corrected chi connectivity index (χ3v) is 6.70. The highest BCUT2D eigenvalue weighted by molar-refractivity contribution is 14.0. The van der Waals surface area contributed by atoms with Crippen LogP contribution in [0.15, 0.2) is 52.8 Å². The van der Waals surface area contributed by atoms with E-state index in [0.717, 1.165) is 45.4 Å². The maximum Gasteiger partial charge on any atom is 0.191 e. The van der Waals surface area contributed by atoms with Crippen LogP contribution in [0.2, 0.25) is 0 Å². The Bertz CT molecular complexity index is 749. The second-order valence-electron chi connectivity index (χ2n) is 7.53. The molecule has 3 unspecified atom stereocenters. The molecule has 2 aromatic rings. The number of halogens is 1. The molecule has 29 heavy (non-hydrogen) atoms. The maximum atomic E-state index is 5.54. The van der Waals surface area contributed by atoms with Gasteiger partial charge in [0.25, 0.3) is 0 Å². The van der Waals surface area contributed by atoms with Gasteiger partial charge in [-0.05, 0) is 35.3 Å². The summed E-state index contributed by atoms with van der Waals surface area (Å²) in [4.78, 5) is 8.35. The van der Waals surface area contributed by atoms with E-state index in [1.165, 1.54) is 16.9 Å².